The van der Waals surface area contributed by atoms with E-state index in [4.69, 9.17) is 9.15 Å². The third kappa shape index (κ3) is 3.47. The van der Waals surface area contributed by atoms with E-state index in [9.17, 15) is 0 Å². The van der Waals surface area contributed by atoms with Crippen LogP contribution in [0.25, 0.3) is 0 Å². The number of aromatic nitrogens is 3. The van der Waals surface area contributed by atoms with Gasteiger partial charge in [-0.3, -0.25) is 0 Å². The molecule has 1 atom stereocenters. The fraction of sp³-hybridized carbons (Fsp3) is 0.316. The molecule has 1 aliphatic rings. The molecule has 1 fully saturated rings. The van der Waals surface area contributed by atoms with Crippen LogP contribution in [0.3, 0.4) is 0 Å². The Bertz CT molecular complexity index is 834. The van der Waals surface area contributed by atoms with Crippen molar-refractivity contribution in [3.05, 3.63) is 66.3 Å². The molecule has 0 amide bonds. The normalized spacial score (nSPS) is 17.0. The number of hydrogen-bond donors (Lipinski definition) is 0. The van der Waals surface area contributed by atoms with Crippen molar-refractivity contribution >= 4 is 5.82 Å². The summed E-state index contributed by atoms with van der Waals surface area (Å²) in [5, 5.41) is 0. The second-order valence-electron chi connectivity index (χ2n) is 6.19. The number of methoxy groups -OCH3 is 1. The summed E-state index contributed by atoms with van der Waals surface area (Å²) < 4.78 is 11.3. The van der Waals surface area contributed by atoms with E-state index in [0.29, 0.717) is 12.3 Å². The van der Waals surface area contributed by atoms with E-state index >= 15 is 0 Å². The Morgan fingerprint density at radius 1 is 1.28 bits per heavy atom. The van der Waals surface area contributed by atoms with Gasteiger partial charge in [-0.2, -0.15) is 0 Å². The van der Waals surface area contributed by atoms with Gasteiger partial charge in [-0.05, 0) is 30.2 Å². The molecule has 0 aliphatic carbocycles. The zero-order chi connectivity index (χ0) is 17.1. The van der Waals surface area contributed by atoms with E-state index in [-0.39, 0.29) is 0 Å². The third-order valence-electron chi connectivity index (χ3n) is 4.51. The average molecular weight is 336 g/mol. The molecule has 0 bridgehead atoms. The van der Waals surface area contributed by atoms with Gasteiger partial charge in [-0.25, -0.2) is 15.0 Å². The SMILES string of the molecule is COc1cccc(Cc2cnc([C@@H]3CCN(c4ccncn4)C3)o2)c1. The molecule has 6 nitrogen and oxygen atoms in total. The van der Waals surface area contributed by atoms with Crippen molar-refractivity contribution in [2.75, 3.05) is 25.1 Å². The van der Waals surface area contributed by atoms with Crippen LogP contribution in [0.4, 0.5) is 5.82 Å². The molecule has 0 saturated carbocycles. The highest BCUT2D eigenvalue weighted by Gasteiger charge is 2.28. The van der Waals surface area contributed by atoms with Gasteiger partial charge >= 0.3 is 0 Å². The first kappa shape index (κ1) is 15.6. The first-order valence-electron chi connectivity index (χ1n) is 8.40. The molecule has 25 heavy (non-hydrogen) atoms. The molecule has 1 saturated heterocycles. The number of oxazole rings is 1. The average Bonchev–Trinajstić information content (AvgIpc) is 3.32. The summed E-state index contributed by atoms with van der Waals surface area (Å²) in [4.78, 5) is 15.0. The summed E-state index contributed by atoms with van der Waals surface area (Å²) in [6.45, 7) is 1.82. The van der Waals surface area contributed by atoms with Crippen LogP contribution in [-0.2, 0) is 6.42 Å². The molecule has 1 aromatic carbocycles. The smallest absolute Gasteiger partial charge is 0.199 e. The lowest BCUT2D eigenvalue weighted by atomic mass is 10.1. The number of rotatable bonds is 5. The second-order valence-corrected chi connectivity index (χ2v) is 6.19. The van der Waals surface area contributed by atoms with Crippen molar-refractivity contribution in [2.45, 2.75) is 18.8 Å². The molecular formula is C19H20N4O2. The molecule has 128 valence electrons. The minimum atomic E-state index is 0.300. The van der Waals surface area contributed by atoms with Gasteiger partial charge < -0.3 is 14.1 Å². The summed E-state index contributed by atoms with van der Waals surface area (Å²) in [7, 11) is 1.68. The molecule has 0 unspecified atom stereocenters. The lowest BCUT2D eigenvalue weighted by Gasteiger charge is -2.15. The predicted octanol–water partition coefficient (Wildman–Crippen LogP) is 3.06. The van der Waals surface area contributed by atoms with E-state index in [2.05, 4.69) is 25.9 Å². The Balaban J connectivity index is 1.43. The van der Waals surface area contributed by atoms with Crippen LogP contribution in [0.2, 0.25) is 0 Å². The van der Waals surface area contributed by atoms with Crippen molar-refractivity contribution in [3.63, 3.8) is 0 Å². The number of benzene rings is 1. The van der Waals surface area contributed by atoms with E-state index < -0.39 is 0 Å². The fourth-order valence-corrected chi connectivity index (χ4v) is 3.22. The molecule has 0 spiro atoms. The summed E-state index contributed by atoms with van der Waals surface area (Å²) >= 11 is 0. The highest BCUT2D eigenvalue weighted by molar-refractivity contribution is 5.39. The van der Waals surface area contributed by atoms with Crippen molar-refractivity contribution in [3.8, 4) is 5.75 Å². The van der Waals surface area contributed by atoms with E-state index in [0.717, 1.165) is 48.3 Å². The minimum absolute atomic E-state index is 0.300. The number of anilines is 1. The zero-order valence-electron chi connectivity index (χ0n) is 14.1. The van der Waals surface area contributed by atoms with Crippen LogP contribution in [0.15, 0.2) is 53.5 Å². The quantitative estimate of drug-likeness (QED) is 0.713. The highest BCUT2D eigenvalue weighted by atomic mass is 16.5. The molecular weight excluding hydrogens is 316 g/mol. The predicted molar refractivity (Wildman–Crippen MR) is 93.9 cm³/mol. The van der Waals surface area contributed by atoms with Crippen molar-refractivity contribution in [1.29, 1.82) is 0 Å². The Morgan fingerprint density at radius 2 is 2.24 bits per heavy atom. The van der Waals surface area contributed by atoms with Crippen LogP contribution >= 0.6 is 0 Å². The first-order chi connectivity index (χ1) is 12.3. The molecule has 2 aromatic heterocycles. The van der Waals surface area contributed by atoms with Gasteiger partial charge in [0, 0.05) is 25.7 Å². The van der Waals surface area contributed by atoms with Crippen LogP contribution in [0, 0.1) is 0 Å². The fourth-order valence-electron chi connectivity index (χ4n) is 3.22. The number of hydrogen-bond acceptors (Lipinski definition) is 6. The Hall–Kier alpha value is -2.89. The number of ether oxygens (including phenoxy) is 1. The minimum Gasteiger partial charge on any atom is -0.497 e. The topological polar surface area (TPSA) is 64.3 Å². The molecule has 6 heteroatoms. The third-order valence-corrected chi connectivity index (χ3v) is 4.51. The van der Waals surface area contributed by atoms with E-state index in [1.807, 2.05) is 30.5 Å². The summed E-state index contributed by atoms with van der Waals surface area (Å²) in [6.07, 6.45) is 6.92. The van der Waals surface area contributed by atoms with Gasteiger partial charge in [-0.1, -0.05) is 12.1 Å². The van der Waals surface area contributed by atoms with Crippen molar-refractivity contribution < 1.29 is 9.15 Å². The maximum absolute atomic E-state index is 6.02. The number of nitrogens with zero attached hydrogens (tertiary/aromatic N) is 4. The van der Waals surface area contributed by atoms with Gasteiger partial charge in [0.1, 0.15) is 23.7 Å². The van der Waals surface area contributed by atoms with Gasteiger partial charge in [0.15, 0.2) is 5.89 Å². The van der Waals surface area contributed by atoms with Gasteiger partial charge in [0.05, 0.1) is 19.2 Å². The highest BCUT2D eigenvalue weighted by Crippen LogP contribution is 2.29. The summed E-state index contributed by atoms with van der Waals surface area (Å²) in [5.74, 6) is 3.81. The van der Waals surface area contributed by atoms with E-state index in [1.54, 1.807) is 19.6 Å². The largest absolute Gasteiger partial charge is 0.497 e. The maximum atomic E-state index is 6.02. The lowest BCUT2D eigenvalue weighted by Crippen LogP contribution is -2.20. The van der Waals surface area contributed by atoms with Crippen molar-refractivity contribution in [1.82, 2.24) is 15.0 Å². The Labute approximate surface area is 146 Å². The maximum Gasteiger partial charge on any atom is 0.199 e. The van der Waals surface area contributed by atoms with E-state index in [1.165, 1.54) is 0 Å². The molecule has 0 N–H and O–H groups in total. The Kier molecular flexibility index (Phi) is 4.33. The summed E-state index contributed by atoms with van der Waals surface area (Å²) in [6, 6.07) is 9.95. The first-order valence-corrected chi connectivity index (χ1v) is 8.40. The Morgan fingerprint density at radius 3 is 3.08 bits per heavy atom. The monoisotopic (exact) mass is 336 g/mol. The van der Waals surface area contributed by atoms with Crippen LogP contribution in [-0.4, -0.2) is 35.2 Å². The molecule has 3 heterocycles. The van der Waals surface area contributed by atoms with Gasteiger partial charge in [0.25, 0.3) is 0 Å². The van der Waals surface area contributed by atoms with Crippen LogP contribution in [0.5, 0.6) is 5.75 Å². The second kappa shape index (κ2) is 6.93. The zero-order valence-corrected chi connectivity index (χ0v) is 14.1. The molecule has 0 radical (unpaired) electrons. The summed E-state index contributed by atoms with van der Waals surface area (Å²) in [5.41, 5.74) is 1.15. The van der Waals surface area contributed by atoms with Gasteiger partial charge in [0.2, 0.25) is 0 Å². The molecule has 1 aliphatic heterocycles. The van der Waals surface area contributed by atoms with Crippen LogP contribution < -0.4 is 9.64 Å². The molecule has 4 rings (SSSR count). The molecule has 3 aromatic rings. The van der Waals surface area contributed by atoms with Crippen LogP contribution in [0.1, 0.15) is 29.6 Å². The van der Waals surface area contributed by atoms with Crippen molar-refractivity contribution in [2.24, 2.45) is 0 Å². The standard InChI is InChI=1S/C19H20N4O2/c1-24-16-4-2-3-14(9-16)10-17-11-21-19(25-17)15-6-8-23(12-15)18-5-7-20-13-22-18/h2-5,7,9,11,13,15H,6,8,10,12H2,1H3/t15-/m1/s1. The lowest BCUT2D eigenvalue weighted by molar-refractivity contribution is 0.413. The van der Waals surface area contributed by atoms with Gasteiger partial charge in [-0.15, -0.1) is 0 Å².